The number of esters is 1. The average molecular weight is 366 g/mol. The number of hydrogen-bond donors (Lipinski definition) is 0. The first-order valence-corrected chi connectivity index (χ1v) is 9.98. The van der Waals surface area contributed by atoms with E-state index in [1.54, 1.807) is 0 Å². The standard InChI is InChI=1S/C21H22N2O2S/c1-2-16-17-10-6-7-11-19(17)23-21(18(16)12-22)26-14-20(24)25-13-15-8-4-3-5-9-15/h3-5,8-9H,2,6-7,10-11,13-14H2,1H3. The van der Waals surface area contributed by atoms with Crippen LogP contribution in [0.15, 0.2) is 35.4 Å². The molecule has 1 aromatic heterocycles. The quantitative estimate of drug-likeness (QED) is 0.565. The average Bonchev–Trinajstić information content (AvgIpc) is 2.70. The molecular formula is C21H22N2O2S. The molecule has 26 heavy (non-hydrogen) atoms. The maximum Gasteiger partial charge on any atom is 0.316 e. The van der Waals surface area contributed by atoms with Gasteiger partial charge in [0.25, 0.3) is 0 Å². The topological polar surface area (TPSA) is 63.0 Å². The Hall–Kier alpha value is -2.32. The number of nitrogens with zero attached hydrogens (tertiary/aromatic N) is 2. The Morgan fingerprint density at radius 3 is 2.77 bits per heavy atom. The summed E-state index contributed by atoms with van der Waals surface area (Å²) in [5.41, 5.74) is 5.06. The monoisotopic (exact) mass is 366 g/mol. The molecule has 2 aromatic rings. The van der Waals surface area contributed by atoms with Crippen LogP contribution in [0.2, 0.25) is 0 Å². The van der Waals surface area contributed by atoms with Gasteiger partial charge in [-0.05, 0) is 48.8 Å². The third-order valence-electron chi connectivity index (χ3n) is 4.59. The number of carbonyl (C=O) groups excluding carboxylic acids is 1. The van der Waals surface area contributed by atoms with Crippen LogP contribution in [-0.4, -0.2) is 16.7 Å². The van der Waals surface area contributed by atoms with E-state index in [1.165, 1.54) is 17.3 Å². The molecule has 0 amide bonds. The lowest BCUT2D eigenvalue weighted by atomic mass is 9.89. The van der Waals surface area contributed by atoms with Gasteiger partial charge < -0.3 is 4.74 Å². The van der Waals surface area contributed by atoms with Gasteiger partial charge in [-0.2, -0.15) is 5.26 Å². The van der Waals surface area contributed by atoms with E-state index in [1.807, 2.05) is 30.3 Å². The third kappa shape index (κ3) is 4.25. The van der Waals surface area contributed by atoms with E-state index in [2.05, 4.69) is 13.0 Å². The van der Waals surface area contributed by atoms with Gasteiger partial charge in [-0.3, -0.25) is 4.79 Å². The Balaban J connectivity index is 1.69. The minimum atomic E-state index is -0.291. The highest BCUT2D eigenvalue weighted by Gasteiger charge is 2.21. The molecule has 0 N–H and O–H groups in total. The molecule has 0 radical (unpaired) electrons. The summed E-state index contributed by atoms with van der Waals surface area (Å²) in [5, 5.41) is 10.3. The highest BCUT2D eigenvalue weighted by atomic mass is 32.2. The minimum Gasteiger partial charge on any atom is -0.460 e. The number of hydrogen-bond acceptors (Lipinski definition) is 5. The van der Waals surface area contributed by atoms with Crippen molar-refractivity contribution in [1.82, 2.24) is 4.98 Å². The number of pyridine rings is 1. The summed E-state index contributed by atoms with van der Waals surface area (Å²) in [6.07, 6.45) is 5.08. The summed E-state index contributed by atoms with van der Waals surface area (Å²) >= 11 is 1.31. The van der Waals surface area contributed by atoms with Crippen molar-refractivity contribution in [1.29, 1.82) is 5.26 Å². The summed E-state index contributed by atoms with van der Waals surface area (Å²) < 4.78 is 5.32. The molecule has 0 bridgehead atoms. The van der Waals surface area contributed by atoms with E-state index < -0.39 is 0 Å². The number of rotatable bonds is 6. The van der Waals surface area contributed by atoms with Gasteiger partial charge in [0.1, 0.15) is 17.7 Å². The van der Waals surface area contributed by atoms with E-state index in [0.717, 1.165) is 48.9 Å². The van der Waals surface area contributed by atoms with Gasteiger partial charge in [0.2, 0.25) is 0 Å². The first-order chi connectivity index (χ1) is 12.7. The molecule has 3 rings (SSSR count). The van der Waals surface area contributed by atoms with Crippen LogP contribution in [0.3, 0.4) is 0 Å². The molecule has 1 aromatic carbocycles. The largest absolute Gasteiger partial charge is 0.460 e. The van der Waals surface area contributed by atoms with Crippen molar-refractivity contribution in [2.24, 2.45) is 0 Å². The number of aryl methyl sites for hydroxylation is 1. The van der Waals surface area contributed by atoms with Gasteiger partial charge in [-0.15, -0.1) is 0 Å². The summed E-state index contributed by atoms with van der Waals surface area (Å²) in [6.45, 7) is 2.34. The number of fused-ring (bicyclic) bond motifs is 1. The predicted molar refractivity (Wildman–Crippen MR) is 102 cm³/mol. The molecule has 1 aliphatic carbocycles. The Labute approximate surface area is 158 Å². The van der Waals surface area contributed by atoms with Crippen molar-refractivity contribution >= 4 is 17.7 Å². The van der Waals surface area contributed by atoms with Crippen molar-refractivity contribution in [2.45, 2.75) is 50.7 Å². The van der Waals surface area contributed by atoms with Crippen molar-refractivity contribution in [3.63, 3.8) is 0 Å². The predicted octanol–water partition coefficient (Wildman–Crippen LogP) is 4.23. The molecule has 4 nitrogen and oxygen atoms in total. The zero-order valence-electron chi connectivity index (χ0n) is 15.0. The maximum absolute atomic E-state index is 12.1. The Kier molecular flexibility index (Phi) is 6.30. The van der Waals surface area contributed by atoms with Crippen LogP contribution < -0.4 is 0 Å². The number of aromatic nitrogens is 1. The molecule has 0 aliphatic heterocycles. The fourth-order valence-corrected chi connectivity index (χ4v) is 4.14. The molecular weight excluding hydrogens is 344 g/mol. The highest BCUT2D eigenvalue weighted by molar-refractivity contribution is 7.99. The third-order valence-corrected chi connectivity index (χ3v) is 5.54. The van der Waals surface area contributed by atoms with Crippen molar-refractivity contribution in [2.75, 3.05) is 5.75 Å². The molecule has 5 heteroatoms. The number of benzene rings is 1. The molecule has 0 atom stereocenters. The van der Waals surface area contributed by atoms with E-state index >= 15 is 0 Å². The van der Waals surface area contributed by atoms with Crippen LogP contribution in [0.4, 0.5) is 0 Å². The zero-order valence-corrected chi connectivity index (χ0v) is 15.8. The molecule has 0 fully saturated rings. The van der Waals surface area contributed by atoms with Crippen LogP contribution >= 0.6 is 11.8 Å². The lowest BCUT2D eigenvalue weighted by molar-refractivity contribution is -0.141. The smallest absolute Gasteiger partial charge is 0.316 e. The summed E-state index contributed by atoms with van der Waals surface area (Å²) in [7, 11) is 0. The first kappa shape index (κ1) is 18.5. The molecule has 0 saturated carbocycles. The Morgan fingerprint density at radius 1 is 1.27 bits per heavy atom. The normalized spacial score (nSPS) is 12.9. The molecule has 0 spiro atoms. The lowest BCUT2D eigenvalue weighted by Crippen LogP contribution is -2.13. The molecule has 1 aliphatic rings. The summed E-state index contributed by atoms with van der Waals surface area (Å²) in [6, 6.07) is 11.9. The van der Waals surface area contributed by atoms with Crippen LogP contribution in [0.1, 0.15) is 47.7 Å². The molecule has 134 valence electrons. The maximum atomic E-state index is 12.1. The second-order valence-corrected chi connectivity index (χ2v) is 7.27. The van der Waals surface area contributed by atoms with Crippen LogP contribution in [0.5, 0.6) is 0 Å². The SMILES string of the molecule is CCc1c(C#N)c(SCC(=O)OCc2ccccc2)nc2c1CCCC2. The number of ether oxygens (including phenoxy) is 1. The number of carbonyl (C=O) groups is 1. The van der Waals surface area contributed by atoms with Crippen molar-refractivity contribution in [3.05, 3.63) is 58.3 Å². The van der Waals surface area contributed by atoms with E-state index in [9.17, 15) is 10.1 Å². The Morgan fingerprint density at radius 2 is 2.04 bits per heavy atom. The van der Waals surface area contributed by atoms with Crippen LogP contribution in [0.25, 0.3) is 0 Å². The van der Waals surface area contributed by atoms with Gasteiger partial charge in [-0.1, -0.05) is 49.0 Å². The lowest BCUT2D eigenvalue weighted by Gasteiger charge is -2.21. The van der Waals surface area contributed by atoms with Gasteiger partial charge in [0, 0.05) is 5.69 Å². The van der Waals surface area contributed by atoms with Crippen LogP contribution in [-0.2, 0) is 35.4 Å². The number of thioether (sulfide) groups is 1. The molecule has 0 unspecified atom stereocenters. The van der Waals surface area contributed by atoms with Crippen LogP contribution in [0, 0.1) is 11.3 Å². The van der Waals surface area contributed by atoms with Crippen molar-refractivity contribution < 1.29 is 9.53 Å². The summed E-state index contributed by atoms with van der Waals surface area (Å²) in [5.74, 6) is -0.128. The van der Waals surface area contributed by atoms with Gasteiger partial charge in [-0.25, -0.2) is 4.98 Å². The second-order valence-electron chi connectivity index (χ2n) is 6.30. The fourth-order valence-electron chi connectivity index (χ4n) is 3.31. The summed E-state index contributed by atoms with van der Waals surface area (Å²) in [4.78, 5) is 16.8. The molecule has 1 heterocycles. The van der Waals surface area contributed by atoms with Gasteiger partial charge in [0.15, 0.2) is 0 Å². The van der Waals surface area contributed by atoms with Crippen molar-refractivity contribution in [3.8, 4) is 6.07 Å². The van der Waals surface area contributed by atoms with E-state index in [-0.39, 0.29) is 18.3 Å². The van der Waals surface area contributed by atoms with Gasteiger partial charge in [0.05, 0.1) is 11.3 Å². The van der Waals surface area contributed by atoms with E-state index in [0.29, 0.717) is 10.6 Å². The fraction of sp³-hybridized carbons (Fsp3) is 0.381. The van der Waals surface area contributed by atoms with E-state index in [4.69, 9.17) is 9.72 Å². The second kappa shape index (κ2) is 8.86. The minimum absolute atomic E-state index is 0.163. The zero-order chi connectivity index (χ0) is 18.4. The highest BCUT2D eigenvalue weighted by Crippen LogP contribution is 2.32. The number of nitriles is 1. The van der Waals surface area contributed by atoms with Gasteiger partial charge >= 0.3 is 5.97 Å². The Bertz CT molecular complexity index is 828. The first-order valence-electron chi connectivity index (χ1n) is 9.00. The molecule has 0 saturated heterocycles.